The quantitative estimate of drug-likeness (QED) is 0.807. The third-order valence-electron chi connectivity index (χ3n) is 5.24. The molecule has 2 aromatic heterocycles. The minimum absolute atomic E-state index is 0. The van der Waals surface area contributed by atoms with Gasteiger partial charge >= 0.3 is 0 Å². The van der Waals surface area contributed by atoms with Crippen LogP contribution in [0.1, 0.15) is 41.8 Å². The van der Waals surface area contributed by atoms with Crippen molar-refractivity contribution in [1.82, 2.24) is 34.8 Å². The van der Waals surface area contributed by atoms with Gasteiger partial charge in [-0.05, 0) is 48.8 Å². The molecule has 9 heteroatoms. The van der Waals surface area contributed by atoms with E-state index < -0.39 is 0 Å². The van der Waals surface area contributed by atoms with Crippen LogP contribution in [0.25, 0.3) is 0 Å². The molecule has 0 atom stereocenters. The van der Waals surface area contributed by atoms with Gasteiger partial charge in [-0.25, -0.2) is 0 Å². The molecule has 0 spiro atoms. The molecule has 4 rings (SSSR count). The Morgan fingerprint density at radius 1 is 1.20 bits per heavy atom. The molecule has 0 aromatic carbocycles. The van der Waals surface area contributed by atoms with E-state index >= 15 is 0 Å². The lowest BCUT2D eigenvalue weighted by Crippen LogP contribution is -2.35. The summed E-state index contributed by atoms with van der Waals surface area (Å²) in [4.78, 5) is 2.52. The van der Waals surface area contributed by atoms with Crippen molar-refractivity contribution < 1.29 is 0 Å². The molecule has 2 aliphatic rings. The minimum Gasteiger partial charge on any atom is -0.312 e. The van der Waals surface area contributed by atoms with E-state index in [2.05, 4.69) is 46.0 Å². The summed E-state index contributed by atoms with van der Waals surface area (Å²) in [6.45, 7) is 8.06. The Hall–Kier alpha value is -0.960. The Kier molecular flexibility index (Phi) is 5.82. The van der Waals surface area contributed by atoms with Crippen molar-refractivity contribution in [2.45, 2.75) is 45.3 Å². The van der Waals surface area contributed by atoms with Crippen molar-refractivity contribution in [2.24, 2.45) is 7.05 Å². The van der Waals surface area contributed by atoms with Crippen LogP contribution in [0.5, 0.6) is 0 Å². The first-order chi connectivity index (χ1) is 11.6. The van der Waals surface area contributed by atoms with E-state index in [-0.39, 0.29) is 12.4 Å². The van der Waals surface area contributed by atoms with E-state index in [0.717, 1.165) is 68.1 Å². The Bertz CT molecular complexity index is 733. The minimum atomic E-state index is 0. The third kappa shape index (κ3) is 3.63. The van der Waals surface area contributed by atoms with E-state index in [4.69, 9.17) is 0 Å². The Balaban J connectivity index is 0.00000182. The summed E-state index contributed by atoms with van der Waals surface area (Å²) >= 11 is 3.67. The molecular weight excluding hydrogens is 406 g/mol. The van der Waals surface area contributed by atoms with Crippen LogP contribution in [0.3, 0.4) is 0 Å². The lowest BCUT2D eigenvalue weighted by Gasteiger charge is -2.32. The van der Waals surface area contributed by atoms with E-state index in [1.165, 1.54) is 11.5 Å². The zero-order valence-corrected chi connectivity index (χ0v) is 17.1. The molecule has 2 aromatic rings. The Labute approximate surface area is 162 Å². The lowest BCUT2D eigenvalue weighted by molar-refractivity contribution is 0.195. The number of rotatable bonds is 3. The van der Waals surface area contributed by atoms with Gasteiger partial charge in [0.15, 0.2) is 0 Å². The predicted octanol–water partition coefficient (Wildman–Crippen LogP) is 1.99. The largest absolute Gasteiger partial charge is 0.312 e. The third-order valence-corrected chi connectivity index (χ3v) is 6.27. The summed E-state index contributed by atoms with van der Waals surface area (Å²) in [6, 6.07) is 0. The molecule has 7 nitrogen and oxygen atoms in total. The first kappa shape index (κ1) is 18.8. The number of aryl methyl sites for hydroxylation is 2. The molecule has 25 heavy (non-hydrogen) atoms. The maximum Gasteiger partial charge on any atom is 0.147 e. The van der Waals surface area contributed by atoms with Crippen molar-refractivity contribution in [3.63, 3.8) is 0 Å². The van der Waals surface area contributed by atoms with Crippen molar-refractivity contribution in [1.29, 1.82) is 0 Å². The fourth-order valence-electron chi connectivity index (χ4n) is 3.83. The highest BCUT2D eigenvalue weighted by Gasteiger charge is 2.27. The summed E-state index contributed by atoms with van der Waals surface area (Å²) in [5.41, 5.74) is 2.32. The van der Waals surface area contributed by atoms with E-state index in [0.29, 0.717) is 5.92 Å². The molecule has 0 radical (unpaired) electrons. The molecule has 2 aliphatic heterocycles. The van der Waals surface area contributed by atoms with Gasteiger partial charge in [-0.3, -0.25) is 9.58 Å². The summed E-state index contributed by atoms with van der Waals surface area (Å²) in [6.07, 6.45) is 2.31. The van der Waals surface area contributed by atoms with Gasteiger partial charge in [0, 0.05) is 32.6 Å². The van der Waals surface area contributed by atoms with Gasteiger partial charge in [-0.15, -0.1) is 22.6 Å². The monoisotopic (exact) mass is 429 g/mol. The van der Waals surface area contributed by atoms with Gasteiger partial charge in [-0.1, -0.05) is 0 Å². The highest BCUT2D eigenvalue weighted by atomic mass is 79.9. The van der Waals surface area contributed by atoms with Gasteiger partial charge in [0.1, 0.15) is 11.6 Å². The smallest absolute Gasteiger partial charge is 0.147 e. The standard InChI is InChI=1S/C16H24BrN7.ClH/c1-11-15(17)13(22(2)21-11)10-23-6-3-12(4-7-23)16-20-19-14-9-18-5-8-24(14)16;/h12,18H,3-10H2,1-2H3;1H. The first-order valence-electron chi connectivity index (χ1n) is 8.66. The normalized spacial score (nSPS) is 18.8. The van der Waals surface area contributed by atoms with Crippen LogP contribution in [-0.4, -0.2) is 49.1 Å². The number of piperidine rings is 1. The second-order valence-corrected chi connectivity index (χ2v) is 7.62. The molecule has 0 amide bonds. The van der Waals surface area contributed by atoms with Crippen LogP contribution < -0.4 is 5.32 Å². The predicted molar refractivity (Wildman–Crippen MR) is 102 cm³/mol. The maximum atomic E-state index is 4.50. The number of nitrogens with one attached hydrogen (secondary N) is 1. The number of fused-ring (bicyclic) bond motifs is 1. The molecule has 0 saturated carbocycles. The van der Waals surface area contributed by atoms with E-state index in [1.807, 2.05) is 18.7 Å². The molecule has 1 saturated heterocycles. The molecule has 138 valence electrons. The van der Waals surface area contributed by atoms with Crippen LogP contribution in [0.4, 0.5) is 0 Å². The number of likely N-dealkylation sites (tertiary alicyclic amines) is 1. The van der Waals surface area contributed by atoms with E-state index in [1.54, 1.807) is 0 Å². The molecule has 0 aliphatic carbocycles. The zero-order chi connectivity index (χ0) is 16.7. The van der Waals surface area contributed by atoms with Gasteiger partial charge < -0.3 is 9.88 Å². The molecule has 0 unspecified atom stereocenters. The van der Waals surface area contributed by atoms with Crippen LogP contribution in [-0.2, 0) is 26.7 Å². The summed E-state index contributed by atoms with van der Waals surface area (Å²) in [7, 11) is 2.02. The van der Waals surface area contributed by atoms with Crippen LogP contribution in [0.2, 0.25) is 0 Å². The molecular formula is C16H25BrClN7. The van der Waals surface area contributed by atoms with Crippen LogP contribution in [0, 0.1) is 6.92 Å². The van der Waals surface area contributed by atoms with Crippen LogP contribution in [0.15, 0.2) is 4.47 Å². The summed E-state index contributed by atoms with van der Waals surface area (Å²) < 4.78 is 5.47. The number of halogens is 2. The highest BCUT2D eigenvalue weighted by molar-refractivity contribution is 9.10. The molecule has 4 heterocycles. The first-order valence-corrected chi connectivity index (χ1v) is 9.46. The second-order valence-electron chi connectivity index (χ2n) is 6.82. The number of nitrogens with zero attached hydrogens (tertiary/aromatic N) is 6. The fourth-order valence-corrected chi connectivity index (χ4v) is 4.29. The number of hydrogen-bond acceptors (Lipinski definition) is 5. The fraction of sp³-hybridized carbons (Fsp3) is 0.688. The van der Waals surface area contributed by atoms with Crippen molar-refractivity contribution in [3.8, 4) is 0 Å². The Morgan fingerprint density at radius 2 is 1.96 bits per heavy atom. The zero-order valence-electron chi connectivity index (χ0n) is 14.7. The topological polar surface area (TPSA) is 63.8 Å². The number of hydrogen-bond donors (Lipinski definition) is 1. The van der Waals surface area contributed by atoms with E-state index in [9.17, 15) is 0 Å². The number of aromatic nitrogens is 5. The summed E-state index contributed by atoms with van der Waals surface area (Å²) in [5, 5.41) is 16.7. The van der Waals surface area contributed by atoms with Crippen molar-refractivity contribution >= 4 is 28.3 Å². The lowest BCUT2D eigenvalue weighted by atomic mass is 9.95. The molecule has 1 fully saturated rings. The maximum absolute atomic E-state index is 4.50. The highest BCUT2D eigenvalue weighted by Crippen LogP contribution is 2.29. The molecule has 1 N–H and O–H groups in total. The van der Waals surface area contributed by atoms with Crippen molar-refractivity contribution in [2.75, 3.05) is 19.6 Å². The van der Waals surface area contributed by atoms with Gasteiger partial charge in [0.2, 0.25) is 0 Å². The second kappa shape index (κ2) is 7.73. The average molecular weight is 431 g/mol. The average Bonchev–Trinajstić information content (AvgIpc) is 3.12. The molecule has 0 bridgehead atoms. The Morgan fingerprint density at radius 3 is 2.64 bits per heavy atom. The summed E-state index contributed by atoms with van der Waals surface area (Å²) in [5.74, 6) is 2.83. The SMILES string of the molecule is Cc1nn(C)c(CN2CCC(c3nnc4n3CCNC4)CC2)c1Br.Cl. The van der Waals surface area contributed by atoms with Crippen molar-refractivity contribution in [3.05, 3.63) is 27.5 Å². The van der Waals surface area contributed by atoms with Gasteiger partial charge in [0.05, 0.1) is 22.4 Å². The van der Waals surface area contributed by atoms with Crippen LogP contribution >= 0.6 is 28.3 Å². The van der Waals surface area contributed by atoms with Gasteiger partial charge in [0.25, 0.3) is 0 Å². The van der Waals surface area contributed by atoms with Gasteiger partial charge in [-0.2, -0.15) is 5.10 Å².